The van der Waals surface area contributed by atoms with Crippen LogP contribution >= 0.6 is 15.9 Å². The molecule has 0 heterocycles. The van der Waals surface area contributed by atoms with Gasteiger partial charge in [0.15, 0.2) is 0 Å². The molecule has 0 spiro atoms. The Morgan fingerprint density at radius 3 is 2.75 bits per heavy atom. The largest absolute Gasteiger partial charge is 0.478 e. The first-order valence-corrected chi connectivity index (χ1v) is 6.81. The standard InChI is InChI=1S/C14H15BrN2O3/c1-3-8-17(9-4-2)14(20)16-12-10(13(18)19)6-5-7-11(12)15/h1,5-7H,4,8-9H2,2H3,(H,16,20)(H,18,19). The first-order valence-electron chi connectivity index (χ1n) is 6.02. The van der Waals surface area contributed by atoms with Crippen LogP contribution in [0.5, 0.6) is 0 Å². The summed E-state index contributed by atoms with van der Waals surface area (Å²) in [4.78, 5) is 24.7. The van der Waals surface area contributed by atoms with Crippen LogP contribution in [0, 0.1) is 12.3 Å². The molecule has 0 aliphatic heterocycles. The van der Waals surface area contributed by atoms with E-state index in [0.29, 0.717) is 11.0 Å². The van der Waals surface area contributed by atoms with Crippen LogP contribution in [0.1, 0.15) is 23.7 Å². The van der Waals surface area contributed by atoms with Crippen molar-refractivity contribution in [3.63, 3.8) is 0 Å². The maximum atomic E-state index is 12.1. The highest BCUT2D eigenvalue weighted by atomic mass is 79.9. The Morgan fingerprint density at radius 1 is 1.50 bits per heavy atom. The Hall–Kier alpha value is -2.00. The molecule has 0 aliphatic carbocycles. The average Bonchev–Trinajstić information content (AvgIpc) is 2.40. The van der Waals surface area contributed by atoms with Crippen molar-refractivity contribution >= 4 is 33.6 Å². The lowest BCUT2D eigenvalue weighted by molar-refractivity contribution is 0.0698. The number of nitrogens with one attached hydrogen (secondary N) is 1. The van der Waals surface area contributed by atoms with Crippen molar-refractivity contribution in [1.82, 2.24) is 4.90 Å². The fraction of sp³-hybridized carbons (Fsp3) is 0.286. The van der Waals surface area contributed by atoms with Crippen molar-refractivity contribution in [3.8, 4) is 12.3 Å². The number of anilines is 1. The van der Waals surface area contributed by atoms with Gasteiger partial charge in [0.1, 0.15) is 0 Å². The number of carbonyl (C=O) groups is 2. The third kappa shape index (κ3) is 4.00. The molecule has 0 radical (unpaired) electrons. The molecule has 6 heteroatoms. The minimum absolute atomic E-state index is 0.0184. The van der Waals surface area contributed by atoms with E-state index in [1.54, 1.807) is 12.1 Å². The summed E-state index contributed by atoms with van der Waals surface area (Å²) in [7, 11) is 0. The molecular formula is C14H15BrN2O3. The zero-order valence-electron chi connectivity index (χ0n) is 11.0. The second kappa shape index (κ2) is 7.56. The fourth-order valence-electron chi connectivity index (χ4n) is 1.65. The number of benzene rings is 1. The Bertz CT molecular complexity index is 552. The van der Waals surface area contributed by atoms with Crippen LogP contribution in [-0.4, -0.2) is 35.1 Å². The molecule has 0 aliphatic rings. The molecule has 0 saturated carbocycles. The molecule has 106 valence electrons. The SMILES string of the molecule is C#CCN(CCC)C(=O)Nc1c(Br)cccc1C(=O)O. The van der Waals surface area contributed by atoms with E-state index in [-0.39, 0.29) is 17.8 Å². The molecule has 1 aromatic rings. The predicted octanol–water partition coefficient (Wildman–Crippen LogP) is 3.02. The van der Waals surface area contributed by atoms with Gasteiger partial charge in [0.25, 0.3) is 0 Å². The van der Waals surface area contributed by atoms with Gasteiger partial charge in [-0.25, -0.2) is 9.59 Å². The summed E-state index contributed by atoms with van der Waals surface area (Å²) >= 11 is 3.23. The highest BCUT2D eigenvalue weighted by Gasteiger charge is 2.18. The minimum atomic E-state index is -1.11. The van der Waals surface area contributed by atoms with Gasteiger partial charge in [-0.05, 0) is 34.5 Å². The summed E-state index contributed by atoms with van der Waals surface area (Å²) in [5.74, 6) is 1.30. The number of terminal acetylenes is 1. The number of aromatic carboxylic acids is 1. The second-order valence-electron chi connectivity index (χ2n) is 4.02. The molecule has 5 nitrogen and oxygen atoms in total. The first-order chi connectivity index (χ1) is 9.51. The highest BCUT2D eigenvalue weighted by molar-refractivity contribution is 9.10. The molecule has 0 bridgehead atoms. The van der Waals surface area contributed by atoms with Gasteiger partial charge in [0.2, 0.25) is 0 Å². The highest BCUT2D eigenvalue weighted by Crippen LogP contribution is 2.26. The molecule has 20 heavy (non-hydrogen) atoms. The number of halogens is 1. The monoisotopic (exact) mass is 338 g/mol. The van der Waals surface area contributed by atoms with Gasteiger partial charge in [-0.1, -0.05) is 18.9 Å². The lowest BCUT2D eigenvalue weighted by atomic mass is 10.2. The van der Waals surface area contributed by atoms with Crippen LogP contribution in [0.15, 0.2) is 22.7 Å². The maximum Gasteiger partial charge on any atom is 0.337 e. The maximum absolute atomic E-state index is 12.1. The Kier molecular flexibility index (Phi) is 6.07. The molecule has 2 amide bonds. The molecule has 0 saturated heterocycles. The number of para-hydroxylation sites is 1. The summed E-state index contributed by atoms with van der Waals surface area (Å²) < 4.78 is 0.503. The summed E-state index contributed by atoms with van der Waals surface area (Å²) in [6.45, 7) is 2.60. The summed E-state index contributed by atoms with van der Waals surface area (Å²) in [5, 5.41) is 11.7. The molecule has 0 unspecified atom stereocenters. The lowest BCUT2D eigenvalue weighted by Gasteiger charge is -2.21. The number of carbonyl (C=O) groups excluding carboxylic acids is 1. The van der Waals surface area contributed by atoms with Crippen LogP contribution in [0.4, 0.5) is 10.5 Å². The van der Waals surface area contributed by atoms with Crippen molar-refractivity contribution in [2.45, 2.75) is 13.3 Å². The van der Waals surface area contributed by atoms with E-state index in [1.165, 1.54) is 11.0 Å². The first kappa shape index (κ1) is 16.1. The van der Waals surface area contributed by atoms with Gasteiger partial charge in [0.05, 0.1) is 17.8 Å². The van der Waals surface area contributed by atoms with Crippen molar-refractivity contribution in [3.05, 3.63) is 28.2 Å². The van der Waals surface area contributed by atoms with E-state index < -0.39 is 12.0 Å². The quantitative estimate of drug-likeness (QED) is 0.810. The summed E-state index contributed by atoms with van der Waals surface area (Å²) in [6.07, 6.45) is 5.98. The average molecular weight is 339 g/mol. The Labute approximate surface area is 126 Å². The molecule has 1 rings (SSSR count). The van der Waals surface area contributed by atoms with Crippen LogP contribution < -0.4 is 5.32 Å². The van der Waals surface area contributed by atoms with Gasteiger partial charge >= 0.3 is 12.0 Å². The third-order valence-corrected chi connectivity index (χ3v) is 3.20. The fourth-order valence-corrected chi connectivity index (χ4v) is 2.11. The zero-order chi connectivity index (χ0) is 15.1. The van der Waals surface area contributed by atoms with E-state index in [0.717, 1.165) is 6.42 Å². The van der Waals surface area contributed by atoms with E-state index >= 15 is 0 Å². The topological polar surface area (TPSA) is 69.6 Å². The minimum Gasteiger partial charge on any atom is -0.478 e. The third-order valence-electron chi connectivity index (χ3n) is 2.54. The second-order valence-corrected chi connectivity index (χ2v) is 4.88. The molecule has 0 fully saturated rings. The van der Waals surface area contributed by atoms with Gasteiger partial charge < -0.3 is 15.3 Å². The predicted molar refractivity (Wildman–Crippen MR) is 80.8 cm³/mol. The van der Waals surface area contributed by atoms with Gasteiger partial charge in [0, 0.05) is 11.0 Å². The van der Waals surface area contributed by atoms with E-state index in [2.05, 4.69) is 27.2 Å². The number of hydrogen-bond donors (Lipinski definition) is 2. The van der Waals surface area contributed by atoms with Crippen molar-refractivity contribution < 1.29 is 14.7 Å². The van der Waals surface area contributed by atoms with Crippen molar-refractivity contribution in [1.29, 1.82) is 0 Å². The molecule has 2 N–H and O–H groups in total. The van der Waals surface area contributed by atoms with Crippen molar-refractivity contribution in [2.75, 3.05) is 18.4 Å². The van der Waals surface area contributed by atoms with E-state index in [4.69, 9.17) is 11.5 Å². The number of carboxylic acids is 1. The van der Waals surface area contributed by atoms with Crippen LogP contribution in [0.25, 0.3) is 0 Å². The number of hydrogen-bond acceptors (Lipinski definition) is 2. The molecule has 0 atom stereocenters. The van der Waals surface area contributed by atoms with Crippen LogP contribution in [0.2, 0.25) is 0 Å². The number of rotatable bonds is 5. The molecular weight excluding hydrogens is 324 g/mol. The Morgan fingerprint density at radius 2 is 2.20 bits per heavy atom. The van der Waals surface area contributed by atoms with Crippen molar-refractivity contribution in [2.24, 2.45) is 0 Å². The van der Waals surface area contributed by atoms with Gasteiger partial charge in [-0.3, -0.25) is 0 Å². The van der Waals surface area contributed by atoms with Gasteiger partial charge in [-0.2, -0.15) is 0 Å². The van der Waals surface area contributed by atoms with Crippen LogP contribution in [0.3, 0.4) is 0 Å². The number of nitrogens with zero attached hydrogens (tertiary/aromatic N) is 1. The van der Waals surface area contributed by atoms with Crippen LogP contribution in [-0.2, 0) is 0 Å². The zero-order valence-corrected chi connectivity index (χ0v) is 12.6. The van der Waals surface area contributed by atoms with E-state index in [9.17, 15) is 9.59 Å². The summed E-state index contributed by atoms with van der Waals surface area (Å²) in [6, 6.07) is 4.26. The number of amides is 2. The molecule has 1 aromatic carbocycles. The normalized spacial score (nSPS) is 9.65. The van der Waals surface area contributed by atoms with Gasteiger partial charge in [-0.15, -0.1) is 6.42 Å². The lowest BCUT2D eigenvalue weighted by Crippen LogP contribution is -2.36. The summed E-state index contributed by atoms with van der Waals surface area (Å²) in [5.41, 5.74) is 0.244. The Balaban J connectivity index is 3.00. The van der Waals surface area contributed by atoms with E-state index in [1.807, 2.05) is 6.92 Å². The number of urea groups is 1. The molecule has 0 aromatic heterocycles. The smallest absolute Gasteiger partial charge is 0.337 e. The number of carboxylic acid groups (broad SMARTS) is 1.